The highest BCUT2D eigenvalue weighted by Crippen LogP contribution is 2.33. The predicted octanol–water partition coefficient (Wildman–Crippen LogP) is 3.04. The second-order valence-corrected chi connectivity index (χ2v) is 6.26. The molecule has 1 aliphatic rings. The van der Waals surface area contributed by atoms with Crippen molar-refractivity contribution in [2.24, 2.45) is 0 Å². The summed E-state index contributed by atoms with van der Waals surface area (Å²) in [6.07, 6.45) is 8.42. The van der Waals surface area contributed by atoms with E-state index in [1.165, 1.54) is 12.8 Å². The Morgan fingerprint density at radius 1 is 1.47 bits per heavy atom. The first kappa shape index (κ1) is 16.5. The van der Waals surface area contributed by atoms with Gasteiger partial charge in [0.25, 0.3) is 0 Å². The summed E-state index contributed by atoms with van der Waals surface area (Å²) in [5.41, 5.74) is -0.498. The minimum atomic E-state index is -0.297. The molecule has 1 unspecified atom stereocenters. The van der Waals surface area contributed by atoms with Gasteiger partial charge in [-0.2, -0.15) is 0 Å². The summed E-state index contributed by atoms with van der Waals surface area (Å²) >= 11 is 0. The maximum absolute atomic E-state index is 6.20. The summed E-state index contributed by atoms with van der Waals surface area (Å²) < 4.78 is 12.1. The standard InChI is InChI=1S/C16H29NO2/c1-7-9-11-17-13-14(19-16(17,5)6)15(3,4)18-12-10-8-2/h2,14H,7,9-13H2,1,3-6H3. The maximum Gasteiger partial charge on any atom is 0.116 e. The fraction of sp³-hybridized carbons (Fsp3) is 0.875. The molecule has 0 aromatic rings. The van der Waals surface area contributed by atoms with E-state index in [1.54, 1.807) is 0 Å². The summed E-state index contributed by atoms with van der Waals surface area (Å²) in [7, 11) is 0. The van der Waals surface area contributed by atoms with Crippen LogP contribution in [0, 0.1) is 12.3 Å². The van der Waals surface area contributed by atoms with Gasteiger partial charge in [0.05, 0.1) is 12.2 Å². The van der Waals surface area contributed by atoms with Crippen molar-refractivity contribution in [1.82, 2.24) is 4.90 Å². The highest BCUT2D eigenvalue weighted by atomic mass is 16.6. The van der Waals surface area contributed by atoms with Crippen molar-refractivity contribution < 1.29 is 9.47 Å². The monoisotopic (exact) mass is 267 g/mol. The average Bonchev–Trinajstić information content (AvgIpc) is 2.63. The first-order valence-electron chi connectivity index (χ1n) is 7.33. The lowest BCUT2D eigenvalue weighted by Gasteiger charge is -2.32. The van der Waals surface area contributed by atoms with Gasteiger partial charge in [-0.15, -0.1) is 12.3 Å². The van der Waals surface area contributed by atoms with Crippen LogP contribution in [-0.2, 0) is 9.47 Å². The summed E-state index contributed by atoms with van der Waals surface area (Å²) in [5.74, 6) is 2.61. The van der Waals surface area contributed by atoms with E-state index in [0.29, 0.717) is 13.0 Å². The van der Waals surface area contributed by atoms with E-state index >= 15 is 0 Å². The van der Waals surface area contributed by atoms with Crippen molar-refractivity contribution in [3.8, 4) is 12.3 Å². The SMILES string of the molecule is C#CCCOC(C)(C)C1CN(CCCC)C(C)(C)O1. The molecule has 0 saturated carbocycles. The van der Waals surface area contributed by atoms with Gasteiger partial charge >= 0.3 is 0 Å². The molecule has 0 N–H and O–H groups in total. The van der Waals surface area contributed by atoms with Gasteiger partial charge in [-0.3, -0.25) is 4.90 Å². The highest BCUT2D eigenvalue weighted by molar-refractivity contribution is 4.93. The van der Waals surface area contributed by atoms with Gasteiger partial charge in [-0.05, 0) is 34.1 Å². The first-order valence-corrected chi connectivity index (χ1v) is 7.33. The van der Waals surface area contributed by atoms with Gasteiger partial charge in [0, 0.05) is 19.5 Å². The highest BCUT2D eigenvalue weighted by Gasteiger charge is 2.45. The number of hydrogen-bond donors (Lipinski definition) is 0. The molecule has 1 atom stereocenters. The van der Waals surface area contributed by atoms with Crippen LogP contribution in [0.1, 0.15) is 53.9 Å². The maximum atomic E-state index is 6.20. The Labute approximate surface area is 118 Å². The Morgan fingerprint density at radius 3 is 2.74 bits per heavy atom. The largest absolute Gasteiger partial charge is 0.372 e. The van der Waals surface area contributed by atoms with E-state index in [-0.39, 0.29) is 17.4 Å². The van der Waals surface area contributed by atoms with E-state index in [9.17, 15) is 0 Å². The number of unbranched alkanes of at least 4 members (excludes halogenated alkanes) is 1. The van der Waals surface area contributed by atoms with Gasteiger partial charge in [-0.1, -0.05) is 13.3 Å². The van der Waals surface area contributed by atoms with E-state index in [2.05, 4.69) is 45.4 Å². The average molecular weight is 267 g/mol. The molecule has 3 heteroatoms. The number of rotatable bonds is 7. The zero-order valence-electron chi connectivity index (χ0n) is 13.2. The van der Waals surface area contributed by atoms with Crippen LogP contribution >= 0.6 is 0 Å². The van der Waals surface area contributed by atoms with Gasteiger partial charge in [0.2, 0.25) is 0 Å². The molecule has 0 bridgehead atoms. The number of terminal acetylenes is 1. The number of ether oxygens (including phenoxy) is 2. The van der Waals surface area contributed by atoms with E-state index in [0.717, 1.165) is 13.1 Å². The van der Waals surface area contributed by atoms with Gasteiger partial charge < -0.3 is 9.47 Å². The minimum absolute atomic E-state index is 0.0946. The topological polar surface area (TPSA) is 21.7 Å². The minimum Gasteiger partial charge on any atom is -0.372 e. The second kappa shape index (κ2) is 6.74. The third-order valence-electron chi connectivity index (χ3n) is 3.86. The molecule has 1 saturated heterocycles. The fourth-order valence-corrected chi connectivity index (χ4v) is 2.42. The number of hydrogen-bond acceptors (Lipinski definition) is 3. The van der Waals surface area contributed by atoms with E-state index in [1.807, 2.05) is 0 Å². The number of nitrogens with zero attached hydrogens (tertiary/aromatic N) is 1. The lowest BCUT2D eigenvalue weighted by Crippen LogP contribution is -2.42. The molecular weight excluding hydrogens is 238 g/mol. The van der Waals surface area contributed by atoms with Crippen molar-refractivity contribution in [2.45, 2.75) is 71.3 Å². The second-order valence-electron chi connectivity index (χ2n) is 6.26. The molecule has 0 aromatic heterocycles. The van der Waals surface area contributed by atoms with Crippen molar-refractivity contribution >= 4 is 0 Å². The molecule has 0 aromatic carbocycles. The van der Waals surface area contributed by atoms with Crippen LogP contribution in [0.25, 0.3) is 0 Å². The molecule has 1 aliphatic heterocycles. The smallest absolute Gasteiger partial charge is 0.116 e. The van der Waals surface area contributed by atoms with Crippen LogP contribution in [0.4, 0.5) is 0 Å². The van der Waals surface area contributed by atoms with Crippen LogP contribution < -0.4 is 0 Å². The van der Waals surface area contributed by atoms with Crippen LogP contribution in [0.2, 0.25) is 0 Å². The molecule has 1 rings (SSSR count). The molecule has 0 amide bonds. The van der Waals surface area contributed by atoms with Crippen molar-refractivity contribution in [2.75, 3.05) is 19.7 Å². The zero-order chi connectivity index (χ0) is 14.5. The Morgan fingerprint density at radius 2 is 2.16 bits per heavy atom. The van der Waals surface area contributed by atoms with Crippen LogP contribution in [0.15, 0.2) is 0 Å². The van der Waals surface area contributed by atoms with Gasteiger partial charge in [0.15, 0.2) is 0 Å². The van der Waals surface area contributed by atoms with Crippen molar-refractivity contribution in [1.29, 1.82) is 0 Å². The van der Waals surface area contributed by atoms with Gasteiger partial charge in [-0.25, -0.2) is 0 Å². The Bertz CT molecular complexity index is 317. The molecule has 0 aliphatic carbocycles. The lowest BCUT2D eigenvalue weighted by atomic mass is 10.0. The Balaban J connectivity index is 2.58. The fourth-order valence-electron chi connectivity index (χ4n) is 2.42. The normalized spacial score (nSPS) is 23.5. The van der Waals surface area contributed by atoms with Crippen LogP contribution in [0.5, 0.6) is 0 Å². The quantitative estimate of drug-likeness (QED) is 0.523. The molecular formula is C16H29NO2. The Kier molecular flexibility index (Phi) is 5.85. The van der Waals surface area contributed by atoms with E-state index < -0.39 is 0 Å². The summed E-state index contributed by atoms with van der Waals surface area (Å²) in [4.78, 5) is 2.41. The third-order valence-corrected chi connectivity index (χ3v) is 3.86. The summed E-state index contributed by atoms with van der Waals surface area (Å²) in [6, 6.07) is 0. The molecule has 110 valence electrons. The van der Waals surface area contributed by atoms with Gasteiger partial charge in [0.1, 0.15) is 11.8 Å². The molecule has 0 spiro atoms. The van der Waals surface area contributed by atoms with E-state index in [4.69, 9.17) is 15.9 Å². The summed E-state index contributed by atoms with van der Waals surface area (Å²) in [5, 5.41) is 0. The van der Waals surface area contributed by atoms with Crippen LogP contribution in [0.3, 0.4) is 0 Å². The molecule has 19 heavy (non-hydrogen) atoms. The first-order chi connectivity index (χ1) is 8.83. The zero-order valence-corrected chi connectivity index (χ0v) is 13.2. The van der Waals surface area contributed by atoms with Crippen molar-refractivity contribution in [3.63, 3.8) is 0 Å². The molecule has 1 fully saturated rings. The predicted molar refractivity (Wildman–Crippen MR) is 78.9 cm³/mol. The molecule has 1 heterocycles. The molecule has 3 nitrogen and oxygen atoms in total. The lowest BCUT2D eigenvalue weighted by molar-refractivity contribution is -0.149. The third kappa shape index (κ3) is 4.49. The van der Waals surface area contributed by atoms with Crippen LogP contribution in [-0.4, -0.2) is 42.0 Å². The Hall–Kier alpha value is -0.560. The summed E-state index contributed by atoms with van der Waals surface area (Å²) in [6.45, 7) is 13.3. The molecule has 0 radical (unpaired) electrons. The van der Waals surface area contributed by atoms with Crippen molar-refractivity contribution in [3.05, 3.63) is 0 Å².